The molecule has 0 bridgehead atoms. The lowest BCUT2D eigenvalue weighted by molar-refractivity contribution is -0.0429. The van der Waals surface area contributed by atoms with Crippen molar-refractivity contribution in [3.63, 3.8) is 0 Å². The molecule has 0 amide bonds. The summed E-state index contributed by atoms with van der Waals surface area (Å²) < 4.78 is 25.1. The second kappa shape index (κ2) is 3.47. The van der Waals surface area contributed by atoms with E-state index in [1.54, 1.807) is 0 Å². The predicted octanol–water partition coefficient (Wildman–Crippen LogP) is 1.71. The lowest BCUT2D eigenvalue weighted by Crippen LogP contribution is -1.97. The molecule has 0 atom stereocenters. The average Bonchev–Trinajstić information content (AvgIpc) is 1.99. The number of hydrogen-bond acceptors (Lipinski definition) is 2. The molecular formula is C7H5BrF2O2. The van der Waals surface area contributed by atoms with Gasteiger partial charge in [0.2, 0.25) is 0 Å². The minimum absolute atomic E-state index is 0.215. The Labute approximate surface area is 75.6 Å². The Bertz CT molecular complexity index is 278. The van der Waals surface area contributed by atoms with Crippen LogP contribution in [0.5, 0.6) is 0 Å². The Hall–Kier alpha value is -0.520. The van der Waals surface area contributed by atoms with Crippen LogP contribution < -0.4 is 0 Å². The van der Waals surface area contributed by atoms with Crippen LogP contribution in [0.15, 0.2) is 16.6 Å². The van der Waals surface area contributed by atoms with Gasteiger partial charge in [-0.3, -0.25) is 0 Å². The predicted molar refractivity (Wildman–Crippen MR) is 41.2 cm³/mol. The Morgan fingerprint density at radius 3 is 1.92 bits per heavy atom. The molecule has 0 aliphatic heterocycles. The maximum atomic E-state index is 12.7. The molecule has 0 aromatic heterocycles. The average molecular weight is 239 g/mol. The zero-order chi connectivity index (χ0) is 9.30. The van der Waals surface area contributed by atoms with Crippen molar-refractivity contribution in [1.29, 1.82) is 0 Å². The van der Waals surface area contributed by atoms with Gasteiger partial charge in [0.25, 0.3) is 0 Å². The number of aliphatic hydroxyl groups is 2. The van der Waals surface area contributed by atoms with Crippen LogP contribution in [0.1, 0.15) is 11.9 Å². The fraction of sp³-hybridized carbons (Fsp3) is 0.143. The molecule has 0 aliphatic rings. The SMILES string of the molecule is OC(O)c1cc(F)c(Br)c(F)c1. The first-order valence-corrected chi connectivity index (χ1v) is 3.82. The Morgan fingerprint density at radius 1 is 1.17 bits per heavy atom. The first-order valence-electron chi connectivity index (χ1n) is 3.03. The van der Waals surface area contributed by atoms with Gasteiger partial charge in [-0.15, -0.1) is 0 Å². The van der Waals surface area contributed by atoms with Crippen molar-refractivity contribution in [3.8, 4) is 0 Å². The molecule has 0 radical (unpaired) electrons. The Balaban J connectivity index is 3.21. The van der Waals surface area contributed by atoms with Gasteiger partial charge < -0.3 is 10.2 Å². The molecule has 0 saturated heterocycles. The summed E-state index contributed by atoms with van der Waals surface area (Å²) in [5, 5.41) is 17.1. The molecule has 66 valence electrons. The lowest BCUT2D eigenvalue weighted by Gasteiger charge is -2.04. The van der Waals surface area contributed by atoms with Crippen LogP contribution in [-0.4, -0.2) is 10.2 Å². The van der Waals surface area contributed by atoms with E-state index in [0.29, 0.717) is 0 Å². The van der Waals surface area contributed by atoms with Gasteiger partial charge in [-0.1, -0.05) is 0 Å². The monoisotopic (exact) mass is 238 g/mol. The van der Waals surface area contributed by atoms with Crippen molar-refractivity contribution in [1.82, 2.24) is 0 Å². The summed E-state index contributed by atoms with van der Waals surface area (Å²) in [6.45, 7) is 0. The summed E-state index contributed by atoms with van der Waals surface area (Å²) in [5.74, 6) is -1.73. The Kier molecular flexibility index (Phi) is 2.76. The zero-order valence-electron chi connectivity index (χ0n) is 5.76. The van der Waals surface area contributed by atoms with Crippen LogP contribution in [0.2, 0.25) is 0 Å². The molecule has 0 spiro atoms. The molecule has 0 aliphatic carbocycles. The van der Waals surface area contributed by atoms with Crippen LogP contribution in [-0.2, 0) is 0 Å². The van der Waals surface area contributed by atoms with E-state index in [9.17, 15) is 8.78 Å². The van der Waals surface area contributed by atoms with Crippen molar-refractivity contribution in [2.45, 2.75) is 6.29 Å². The van der Waals surface area contributed by atoms with E-state index in [2.05, 4.69) is 15.9 Å². The molecule has 2 nitrogen and oxygen atoms in total. The minimum atomic E-state index is -1.86. The summed E-state index contributed by atoms with van der Waals surface area (Å²) in [7, 11) is 0. The highest BCUT2D eigenvalue weighted by Crippen LogP contribution is 2.23. The number of rotatable bonds is 1. The van der Waals surface area contributed by atoms with Crippen molar-refractivity contribution in [3.05, 3.63) is 33.8 Å². The zero-order valence-corrected chi connectivity index (χ0v) is 7.35. The topological polar surface area (TPSA) is 40.5 Å². The fourth-order valence-electron chi connectivity index (χ4n) is 0.724. The van der Waals surface area contributed by atoms with E-state index >= 15 is 0 Å². The van der Waals surface area contributed by atoms with Crippen molar-refractivity contribution in [2.24, 2.45) is 0 Å². The van der Waals surface area contributed by atoms with Gasteiger partial charge in [0, 0.05) is 5.56 Å². The van der Waals surface area contributed by atoms with Gasteiger partial charge in [-0.25, -0.2) is 8.78 Å². The summed E-state index contributed by atoms with van der Waals surface area (Å²) in [6.07, 6.45) is -1.86. The summed E-state index contributed by atoms with van der Waals surface area (Å²) >= 11 is 2.65. The normalized spacial score (nSPS) is 10.8. The van der Waals surface area contributed by atoms with E-state index in [1.165, 1.54) is 0 Å². The molecule has 1 aromatic carbocycles. The van der Waals surface area contributed by atoms with Crippen LogP contribution >= 0.6 is 15.9 Å². The molecule has 0 unspecified atom stereocenters. The molecule has 0 saturated carbocycles. The van der Waals surface area contributed by atoms with Gasteiger partial charge in [-0.2, -0.15) is 0 Å². The lowest BCUT2D eigenvalue weighted by atomic mass is 10.2. The van der Waals surface area contributed by atoms with Crippen molar-refractivity contribution in [2.75, 3.05) is 0 Å². The maximum Gasteiger partial charge on any atom is 0.178 e. The van der Waals surface area contributed by atoms with E-state index in [1.807, 2.05) is 0 Å². The second-order valence-electron chi connectivity index (χ2n) is 2.17. The number of hydrogen-bond donors (Lipinski definition) is 2. The quantitative estimate of drug-likeness (QED) is 0.578. The van der Waals surface area contributed by atoms with Crippen molar-refractivity contribution >= 4 is 15.9 Å². The number of benzene rings is 1. The van der Waals surface area contributed by atoms with Gasteiger partial charge in [-0.05, 0) is 28.1 Å². The number of aliphatic hydroxyl groups excluding tert-OH is 1. The molecular weight excluding hydrogens is 234 g/mol. The van der Waals surface area contributed by atoms with E-state index < -0.39 is 17.9 Å². The highest BCUT2D eigenvalue weighted by molar-refractivity contribution is 9.10. The third kappa shape index (κ3) is 1.80. The molecule has 1 aromatic rings. The van der Waals surface area contributed by atoms with E-state index in [4.69, 9.17) is 10.2 Å². The molecule has 0 heterocycles. The van der Waals surface area contributed by atoms with Crippen LogP contribution in [0, 0.1) is 11.6 Å². The van der Waals surface area contributed by atoms with Crippen molar-refractivity contribution < 1.29 is 19.0 Å². The third-order valence-electron chi connectivity index (χ3n) is 1.30. The summed E-state index contributed by atoms with van der Waals surface area (Å²) in [5.41, 5.74) is -0.215. The van der Waals surface area contributed by atoms with Crippen LogP contribution in [0.3, 0.4) is 0 Å². The smallest absolute Gasteiger partial charge is 0.178 e. The minimum Gasteiger partial charge on any atom is -0.364 e. The third-order valence-corrected chi connectivity index (χ3v) is 2.06. The van der Waals surface area contributed by atoms with E-state index in [-0.39, 0.29) is 10.0 Å². The summed E-state index contributed by atoms with van der Waals surface area (Å²) in [4.78, 5) is 0. The largest absolute Gasteiger partial charge is 0.364 e. The second-order valence-corrected chi connectivity index (χ2v) is 2.97. The fourth-order valence-corrected chi connectivity index (χ4v) is 0.953. The van der Waals surface area contributed by atoms with Gasteiger partial charge in [0.1, 0.15) is 11.6 Å². The highest BCUT2D eigenvalue weighted by Gasteiger charge is 2.11. The van der Waals surface area contributed by atoms with Gasteiger partial charge in [0.15, 0.2) is 6.29 Å². The Morgan fingerprint density at radius 2 is 1.58 bits per heavy atom. The first-order chi connectivity index (χ1) is 5.52. The maximum absolute atomic E-state index is 12.7. The molecule has 2 N–H and O–H groups in total. The molecule has 5 heteroatoms. The van der Waals surface area contributed by atoms with Gasteiger partial charge >= 0.3 is 0 Å². The molecule has 1 rings (SSSR count). The van der Waals surface area contributed by atoms with Crippen LogP contribution in [0.25, 0.3) is 0 Å². The first kappa shape index (κ1) is 9.57. The van der Waals surface area contributed by atoms with Gasteiger partial charge in [0.05, 0.1) is 4.47 Å². The molecule has 0 fully saturated rings. The van der Waals surface area contributed by atoms with Crippen LogP contribution in [0.4, 0.5) is 8.78 Å². The summed E-state index contributed by atoms with van der Waals surface area (Å²) in [6, 6.07) is 1.69. The van der Waals surface area contributed by atoms with E-state index in [0.717, 1.165) is 12.1 Å². The standard InChI is InChI=1S/C7H5BrF2O2/c8-6-4(9)1-3(7(11)12)2-5(6)10/h1-2,7,11-12H. The highest BCUT2D eigenvalue weighted by atomic mass is 79.9. The molecule has 12 heavy (non-hydrogen) atoms. The number of halogens is 3.